The maximum absolute atomic E-state index is 4.19. The summed E-state index contributed by atoms with van der Waals surface area (Å²) in [5, 5.41) is 4.22. The van der Waals surface area contributed by atoms with Crippen molar-refractivity contribution in [2.45, 2.75) is 0 Å². The van der Waals surface area contributed by atoms with Crippen LogP contribution in [0.25, 0.3) is 0 Å². The third kappa shape index (κ3) is 3.46. The molecule has 0 saturated carbocycles. The summed E-state index contributed by atoms with van der Waals surface area (Å²) < 4.78 is 0. The lowest BCUT2D eigenvalue weighted by molar-refractivity contribution is 0.963. The Morgan fingerprint density at radius 3 is 3.10 bits per heavy atom. The number of halogens is 1. The quantitative estimate of drug-likeness (QED) is 0.607. The van der Waals surface area contributed by atoms with Crippen LogP contribution in [0.5, 0.6) is 0 Å². The molecule has 0 spiro atoms. The normalized spacial score (nSPS) is 15.0. The Bertz CT molecular complexity index is 136. The molecule has 1 heterocycles. The van der Waals surface area contributed by atoms with E-state index >= 15 is 0 Å². The van der Waals surface area contributed by atoms with Crippen molar-refractivity contribution in [2.75, 3.05) is 18.8 Å². The molecule has 0 aromatic rings. The van der Waals surface area contributed by atoms with Gasteiger partial charge in [-0.15, -0.1) is 30.6 Å². The van der Waals surface area contributed by atoms with E-state index in [1.807, 2.05) is 6.08 Å². The van der Waals surface area contributed by atoms with Gasteiger partial charge in [-0.05, 0) is 0 Å². The third-order valence-corrected chi connectivity index (χ3v) is 1.93. The largest absolute Gasteiger partial charge is 0.363 e. The smallest absolute Gasteiger partial charge is 0.156 e. The molecule has 0 saturated heterocycles. The van der Waals surface area contributed by atoms with Crippen molar-refractivity contribution in [1.29, 1.82) is 0 Å². The highest BCUT2D eigenvalue weighted by molar-refractivity contribution is 14.0. The van der Waals surface area contributed by atoms with E-state index in [2.05, 4.69) is 16.9 Å². The molecule has 10 heavy (non-hydrogen) atoms. The van der Waals surface area contributed by atoms with Crippen LogP contribution in [0.1, 0.15) is 0 Å². The minimum Gasteiger partial charge on any atom is -0.363 e. The van der Waals surface area contributed by atoms with Crippen molar-refractivity contribution in [1.82, 2.24) is 5.32 Å². The molecular formula is C6H11IN2S. The van der Waals surface area contributed by atoms with E-state index in [1.54, 1.807) is 11.8 Å². The lowest BCUT2D eigenvalue weighted by atomic mass is 10.7. The van der Waals surface area contributed by atoms with Gasteiger partial charge in [0.1, 0.15) is 0 Å². The highest BCUT2D eigenvalue weighted by Crippen LogP contribution is 2.03. The highest BCUT2D eigenvalue weighted by atomic mass is 127. The van der Waals surface area contributed by atoms with Gasteiger partial charge in [0.2, 0.25) is 0 Å². The monoisotopic (exact) mass is 270 g/mol. The Labute approximate surface area is 82.6 Å². The summed E-state index contributed by atoms with van der Waals surface area (Å²) in [6.07, 6.45) is 1.88. The van der Waals surface area contributed by atoms with Crippen molar-refractivity contribution in [3.05, 3.63) is 12.7 Å². The topological polar surface area (TPSA) is 24.4 Å². The highest BCUT2D eigenvalue weighted by Gasteiger charge is 2.02. The van der Waals surface area contributed by atoms with Gasteiger partial charge in [-0.25, -0.2) is 0 Å². The van der Waals surface area contributed by atoms with Crippen molar-refractivity contribution in [3.8, 4) is 0 Å². The van der Waals surface area contributed by atoms with Gasteiger partial charge in [0.05, 0.1) is 6.54 Å². The Balaban J connectivity index is 0.000000810. The third-order valence-electron chi connectivity index (χ3n) is 0.981. The van der Waals surface area contributed by atoms with Crippen LogP contribution < -0.4 is 5.32 Å². The number of rotatable bonds is 2. The number of aliphatic imine (C=N–C) groups is 1. The summed E-state index contributed by atoms with van der Waals surface area (Å²) in [5.74, 6) is 0.950. The molecular weight excluding hydrogens is 259 g/mol. The Morgan fingerprint density at radius 1 is 1.80 bits per heavy atom. The zero-order chi connectivity index (χ0) is 6.53. The second kappa shape index (κ2) is 6.03. The van der Waals surface area contributed by atoms with Gasteiger partial charge in [-0.3, -0.25) is 4.99 Å². The molecule has 0 fully saturated rings. The van der Waals surface area contributed by atoms with Gasteiger partial charge in [0.25, 0.3) is 0 Å². The Hall–Kier alpha value is 0.290. The minimum atomic E-state index is 0. The van der Waals surface area contributed by atoms with Crippen LogP contribution in [0.15, 0.2) is 17.6 Å². The number of hydrogen-bond donors (Lipinski definition) is 1. The first-order chi connectivity index (χ1) is 4.43. The maximum Gasteiger partial charge on any atom is 0.156 e. The van der Waals surface area contributed by atoms with Crippen molar-refractivity contribution >= 4 is 40.9 Å². The molecule has 1 aliphatic rings. The predicted octanol–water partition coefficient (Wildman–Crippen LogP) is 1.48. The van der Waals surface area contributed by atoms with Crippen LogP contribution in [0.3, 0.4) is 0 Å². The molecule has 2 nitrogen and oxygen atoms in total. The fourth-order valence-electron chi connectivity index (χ4n) is 0.611. The van der Waals surface area contributed by atoms with E-state index in [-0.39, 0.29) is 24.0 Å². The molecule has 0 unspecified atom stereocenters. The average Bonchev–Trinajstić information content (AvgIpc) is 2.34. The molecule has 0 radical (unpaired) electrons. The fraction of sp³-hybridized carbons (Fsp3) is 0.500. The molecule has 0 amide bonds. The van der Waals surface area contributed by atoms with Crippen LogP contribution in [0.4, 0.5) is 0 Å². The first kappa shape index (κ1) is 10.3. The minimum absolute atomic E-state index is 0. The van der Waals surface area contributed by atoms with E-state index in [9.17, 15) is 0 Å². The lowest BCUT2D eigenvalue weighted by Crippen LogP contribution is -2.14. The lowest BCUT2D eigenvalue weighted by Gasteiger charge is -1.95. The number of nitrogens with one attached hydrogen (secondary N) is 1. The van der Waals surface area contributed by atoms with E-state index in [4.69, 9.17) is 0 Å². The van der Waals surface area contributed by atoms with Crippen LogP contribution in [0.2, 0.25) is 0 Å². The zero-order valence-corrected chi connectivity index (χ0v) is 8.82. The summed E-state index contributed by atoms with van der Waals surface area (Å²) in [6.45, 7) is 5.55. The van der Waals surface area contributed by atoms with Crippen molar-refractivity contribution in [3.63, 3.8) is 0 Å². The van der Waals surface area contributed by atoms with Crippen LogP contribution in [-0.4, -0.2) is 24.0 Å². The second-order valence-corrected chi connectivity index (χ2v) is 2.72. The maximum atomic E-state index is 4.19. The van der Waals surface area contributed by atoms with Gasteiger partial charge >= 0.3 is 0 Å². The molecule has 0 aliphatic carbocycles. The summed E-state index contributed by atoms with van der Waals surface area (Å²) in [4.78, 5) is 4.19. The number of amidine groups is 1. The van der Waals surface area contributed by atoms with Gasteiger partial charge in [0.15, 0.2) is 5.17 Å². The Morgan fingerprint density at radius 2 is 2.60 bits per heavy atom. The van der Waals surface area contributed by atoms with Crippen LogP contribution >= 0.6 is 35.7 Å². The molecule has 0 aromatic heterocycles. The van der Waals surface area contributed by atoms with Gasteiger partial charge in [-0.1, -0.05) is 17.8 Å². The number of nitrogens with zero attached hydrogens (tertiary/aromatic N) is 1. The fourth-order valence-corrected chi connectivity index (χ4v) is 1.27. The van der Waals surface area contributed by atoms with Gasteiger partial charge < -0.3 is 5.32 Å². The summed E-state index contributed by atoms with van der Waals surface area (Å²) >= 11 is 1.70. The molecule has 4 heteroatoms. The molecule has 1 rings (SSSR count). The number of thioether (sulfide) groups is 1. The summed E-state index contributed by atoms with van der Waals surface area (Å²) in [5.41, 5.74) is 0. The van der Waals surface area contributed by atoms with E-state index in [0.717, 1.165) is 24.0 Å². The predicted molar refractivity (Wildman–Crippen MR) is 58.4 cm³/mol. The summed E-state index contributed by atoms with van der Waals surface area (Å²) in [7, 11) is 0. The molecule has 1 aliphatic heterocycles. The summed E-state index contributed by atoms with van der Waals surface area (Å²) in [6, 6.07) is 0. The van der Waals surface area contributed by atoms with E-state index < -0.39 is 0 Å². The van der Waals surface area contributed by atoms with E-state index in [1.165, 1.54) is 0 Å². The van der Waals surface area contributed by atoms with Crippen molar-refractivity contribution in [2.24, 2.45) is 4.99 Å². The molecule has 1 N–H and O–H groups in total. The van der Waals surface area contributed by atoms with Crippen molar-refractivity contribution < 1.29 is 0 Å². The number of hydrogen-bond acceptors (Lipinski definition) is 3. The van der Waals surface area contributed by atoms with Gasteiger partial charge in [0, 0.05) is 12.3 Å². The molecule has 0 aromatic carbocycles. The molecule has 58 valence electrons. The first-order valence-electron chi connectivity index (χ1n) is 2.95. The Kier molecular flexibility index (Phi) is 6.20. The first-order valence-corrected chi connectivity index (χ1v) is 3.94. The van der Waals surface area contributed by atoms with Crippen LogP contribution in [-0.2, 0) is 0 Å². The van der Waals surface area contributed by atoms with Crippen LogP contribution in [0, 0.1) is 0 Å². The zero-order valence-electron chi connectivity index (χ0n) is 5.67. The molecule has 0 atom stereocenters. The second-order valence-electron chi connectivity index (χ2n) is 1.71. The standard InChI is InChI=1S/C6H10N2S.HI/c1-2-5-9-6-7-3-4-8-6;/h2H,1,3-5H2,(H,7,8);1H. The molecule has 0 bridgehead atoms. The van der Waals surface area contributed by atoms with Gasteiger partial charge in [-0.2, -0.15) is 0 Å². The van der Waals surface area contributed by atoms with E-state index in [0.29, 0.717) is 0 Å². The average molecular weight is 270 g/mol. The SMILES string of the molecule is C=CCSC1=NCCN1.I.